The van der Waals surface area contributed by atoms with Crippen molar-refractivity contribution in [1.82, 2.24) is 0 Å². The van der Waals surface area contributed by atoms with Crippen molar-refractivity contribution in [3.8, 4) is 16.9 Å². The second kappa shape index (κ2) is 9.19. The minimum atomic E-state index is 0.0772. The van der Waals surface area contributed by atoms with E-state index in [1.54, 1.807) is 0 Å². The molecule has 3 heteroatoms. The number of hydrogen-bond donors (Lipinski definition) is 0. The summed E-state index contributed by atoms with van der Waals surface area (Å²) in [7, 11) is 0. The SMILES string of the molecule is Cc1c[n+](CC(=O)c2ccccc2)c(COc2ccccc2)cc1-c1ccccc1. The van der Waals surface area contributed by atoms with E-state index in [9.17, 15) is 4.79 Å². The molecule has 0 aliphatic heterocycles. The highest BCUT2D eigenvalue weighted by Crippen LogP contribution is 2.23. The number of pyridine rings is 1. The van der Waals surface area contributed by atoms with Crippen LogP contribution in [-0.2, 0) is 13.2 Å². The van der Waals surface area contributed by atoms with Gasteiger partial charge in [0.1, 0.15) is 5.75 Å². The monoisotopic (exact) mass is 394 g/mol. The number of para-hydroxylation sites is 1. The van der Waals surface area contributed by atoms with Gasteiger partial charge in [-0.15, -0.1) is 0 Å². The number of ketones is 1. The summed E-state index contributed by atoms with van der Waals surface area (Å²) in [6, 6.07) is 31.6. The number of nitrogens with zero attached hydrogens (tertiary/aromatic N) is 1. The Kier molecular flexibility index (Phi) is 6.00. The maximum atomic E-state index is 12.8. The highest BCUT2D eigenvalue weighted by molar-refractivity contribution is 5.95. The molecule has 4 aromatic rings. The van der Waals surface area contributed by atoms with Crippen molar-refractivity contribution >= 4 is 5.78 Å². The van der Waals surface area contributed by atoms with E-state index >= 15 is 0 Å². The summed E-state index contributed by atoms with van der Waals surface area (Å²) >= 11 is 0. The van der Waals surface area contributed by atoms with Crippen LogP contribution in [0.1, 0.15) is 21.6 Å². The van der Waals surface area contributed by atoms with Crippen LogP contribution in [0, 0.1) is 6.92 Å². The third kappa shape index (κ3) is 4.64. The highest BCUT2D eigenvalue weighted by Gasteiger charge is 2.20. The topological polar surface area (TPSA) is 30.2 Å². The lowest BCUT2D eigenvalue weighted by Crippen LogP contribution is -2.42. The van der Waals surface area contributed by atoms with Gasteiger partial charge in [-0.05, 0) is 30.2 Å². The summed E-state index contributed by atoms with van der Waals surface area (Å²) in [5.41, 5.74) is 5.07. The summed E-state index contributed by atoms with van der Waals surface area (Å²) in [4.78, 5) is 12.8. The minimum absolute atomic E-state index is 0.0772. The van der Waals surface area contributed by atoms with E-state index in [1.165, 1.54) is 0 Å². The molecule has 0 unspecified atom stereocenters. The molecule has 0 spiro atoms. The summed E-state index contributed by atoms with van der Waals surface area (Å²) < 4.78 is 8.02. The molecule has 1 aromatic heterocycles. The van der Waals surface area contributed by atoms with Gasteiger partial charge in [-0.25, -0.2) is 0 Å². The molecule has 4 rings (SSSR count). The van der Waals surface area contributed by atoms with Crippen LogP contribution in [0.5, 0.6) is 5.75 Å². The zero-order valence-corrected chi connectivity index (χ0v) is 17.0. The predicted octanol–water partition coefficient (Wildman–Crippen LogP) is 5.41. The third-order valence-corrected chi connectivity index (χ3v) is 5.08. The van der Waals surface area contributed by atoms with Crippen molar-refractivity contribution in [3.05, 3.63) is 120 Å². The molecule has 0 aliphatic rings. The zero-order chi connectivity index (χ0) is 20.8. The second-order valence-corrected chi connectivity index (χ2v) is 7.25. The molecule has 0 amide bonds. The average molecular weight is 394 g/mol. The van der Waals surface area contributed by atoms with Crippen molar-refractivity contribution in [3.63, 3.8) is 0 Å². The Morgan fingerprint density at radius 3 is 2.10 bits per heavy atom. The van der Waals surface area contributed by atoms with Crippen LogP contribution >= 0.6 is 0 Å². The number of ether oxygens (including phenoxy) is 1. The Labute approximate surface area is 177 Å². The molecule has 0 atom stereocenters. The summed E-state index contributed by atoms with van der Waals surface area (Å²) in [6.45, 7) is 2.73. The van der Waals surface area contributed by atoms with E-state index in [4.69, 9.17) is 4.74 Å². The maximum Gasteiger partial charge on any atom is 0.227 e. The summed E-state index contributed by atoms with van der Waals surface area (Å²) in [6.07, 6.45) is 2.05. The average Bonchev–Trinajstić information content (AvgIpc) is 2.80. The van der Waals surface area contributed by atoms with Gasteiger partial charge in [-0.2, -0.15) is 4.57 Å². The number of carbonyl (C=O) groups excluding carboxylic acids is 1. The number of rotatable bonds is 7. The van der Waals surface area contributed by atoms with Gasteiger partial charge in [-0.1, -0.05) is 78.9 Å². The predicted molar refractivity (Wildman–Crippen MR) is 118 cm³/mol. The molecule has 30 heavy (non-hydrogen) atoms. The van der Waals surface area contributed by atoms with Gasteiger partial charge >= 0.3 is 0 Å². The van der Waals surface area contributed by atoms with Crippen molar-refractivity contribution in [2.24, 2.45) is 0 Å². The molecule has 0 bridgehead atoms. The van der Waals surface area contributed by atoms with E-state index in [2.05, 4.69) is 25.1 Å². The molecule has 0 aliphatic carbocycles. The first-order valence-corrected chi connectivity index (χ1v) is 10.1. The van der Waals surface area contributed by atoms with Crippen molar-refractivity contribution in [2.45, 2.75) is 20.1 Å². The van der Waals surface area contributed by atoms with E-state index in [1.807, 2.05) is 89.6 Å². The minimum Gasteiger partial charge on any atom is -0.483 e. The lowest BCUT2D eigenvalue weighted by Gasteiger charge is -2.11. The molecule has 0 radical (unpaired) electrons. The molecule has 0 N–H and O–H groups in total. The fourth-order valence-electron chi connectivity index (χ4n) is 3.49. The summed E-state index contributed by atoms with van der Waals surface area (Å²) in [5.74, 6) is 0.883. The Bertz CT molecular complexity index is 1120. The Morgan fingerprint density at radius 1 is 0.833 bits per heavy atom. The Balaban J connectivity index is 1.68. The second-order valence-electron chi connectivity index (χ2n) is 7.25. The van der Waals surface area contributed by atoms with Crippen LogP contribution in [0.15, 0.2) is 103 Å². The lowest BCUT2D eigenvalue weighted by molar-refractivity contribution is -0.692. The van der Waals surface area contributed by atoms with Gasteiger partial charge in [0.2, 0.25) is 18.0 Å². The van der Waals surface area contributed by atoms with Gasteiger partial charge in [0.25, 0.3) is 0 Å². The van der Waals surface area contributed by atoms with E-state index in [0.717, 1.165) is 28.1 Å². The first-order valence-electron chi connectivity index (χ1n) is 10.1. The number of hydrogen-bond acceptors (Lipinski definition) is 2. The number of aryl methyl sites for hydroxylation is 1. The molecule has 3 nitrogen and oxygen atoms in total. The van der Waals surface area contributed by atoms with Crippen LogP contribution < -0.4 is 9.30 Å². The largest absolute Gasteiger partial charge is 0.483 e. The fourth-order valence-corrected chi connectivity index (χ4v) is 3.49. The van der Waals surface area contributed by atoms with Crippen molar-refractivity contribution in [1.29, 1.82) is 0 Å². The Morgan fingerprint density at radius 2 is 1.43 bits per heavy atom. The Hall–Kier alpha value is -3.72. The molecule has 0 fully saturated rings. The van der Waals surface area contributed by atoms with Gasteiger partial charge in [0.15, 0.2) is 12.8 Å². The molecular formula is C27H24NO2+. The normalized spacial score (nSPS) is 10.6. The zero-order valence-electron chi connectivity index (χ0n) is 17.0. The van der Waals surface area contributed by atoms with Gasteiger partial charge in [-0.3, -0.25) is 4.79 Å². The van der Waals surface area contributed by atoms with Crippen LogP contribution in [0.3, 0.4) is 0 Å². The van der Waals surface area contributed by atoms with Crippen LogP contribution in [0.25, 0.3) is 11.1 Å². The molecule has 1 heterocycles. The number of benzene rings is 3. The molecule has 0 saturated heterocycles. The first kappa shape index (κ1) is 19.6. The van der Waals surface area contributed by atoms with Crippen LogP contribution in [0.4, 0.5) is 0 Å². The molecular weight excluding hydrogens is 370 g/mol. The van der Waals surface area contributed by atoms with E-state index in [0.29, 0.717) is 12.2 Å². The first-order chi connectivity index (χ1) is 14.7. The molecule has 0 saturated carbocycles. The highest BCUT2D eigenvalue weighted by atomic mass is 16.5. The summed E-state index contributed by atoms with van der Waals surface area (Å²) in [5, 5.41) is 0. The van der Waals surface area contributed by atoms with Crippen molar-refractivity contribution < 1.29 is 14.1 Å². The fraction of sp³-hybridized carbons (Fsp3) is 0.111. The van der Waals surface area contributed by atoms with Gasteiger partial charge in [0, 0.05) is 17.2 Å². The molecule has 148 valence electrons. The van der Waals surface area contributed by atoms with Crippen LogP contribution in [-0.4, -0.2) is 5.78 Å². The number of aromatic nitrogens is 1. The van der Waals surface area contributed by atoms with Crippen LogP contribution in [0.2, 0.25) is 0 Å². The van der Waals surface area contributed by atoms with Gasteiger partial charge < -0.3 is 4.74 Å². The van der Waals surface area contributed by atoms with Crippen molar-refractivity contribution in [2.75, 3.05) is 0 Å². The number of carbonyl (C=O) groups is 1. The maximum absolute atomic E-state index is 12.8. The van der Waals surface area contributed by atoms with Gasteiger partial charge in [0.05, 0.1) is 0 Å². The van der Waals surface area contributed by atoms with E-state index in [-0.39, 0.29) is 12.3 Å². The quantitative estimate of drug-likeness (QED) is 0.310. The number of Topliss-reactive ketones (excluding diaryl/α,β-unsaturated/α-hetero) is 1. The van der Waals surface area contributed by atoms with E-state index < -0.39 is 0 Å². The lowest BCUT2D eigenvalue weighted by atomic mass is 10.0. The molecule has 3 aromatic carbocycles. The smallest absolute Gasteiger partial charge is 0.227 e. The third-order valence-electron chi connectivity index (χ3n) is 5.08. The standard InChI is InChI=1S/C27H24NO2/c1-21-18-28(19-27(29)23-13-7-3-8-14-23)24(20-30-25-15-9-4-10-16-25)17-26(21)22-11-5-2-6-12-22/h2-18H,19-20H2,1H3/q+1.